The molecule has 1 spiro atoms. The molecule has 10 rings (SSSR count). The van der Waals surface area contributed by atoms with Crippen LogP contribution in [0.3, 0.4) is 0 Å². The fourth-order valence-electron chi connectivity index (χ4n) is 11.7. The van der Waals surface area contributed by atoms with Gasteiger partial charge in [-0.2, -0.15) is 4.98 Å². The number of carbonyl (C=O) groups excluding carboxylic acids is 1. The molecule has 3 saturated heterocycles. The number of carbonyl (C=O) groups is 1. The van der Waals surface area contributed by atoms with E-state index in [0.29, 0.717) is 62.7 Å². The first kappa shape index (κ1) is 49.8. The molecule has 18 heteroatoms. The number of nitro benzene ring substituents is 1. The number of rotatable bonds is 16. The molecule has 384 valence electrons. The molecule has 17 nitrogen and oxygen atoms in total. The first-order valence-electron chi connectivity index (χ1n) is 25.6. The number of hydrogen-bond donors (Lipinski definition) is 4. The molecule has 0 unspecified atom stereocenters. The molecular weight excluding hydrogens is 939 g/mol. The quantitative estimate of drug-likeness (QED) is 0.0538. The van der Waals surface area contributed by atoms with Crippen LogP contribution in [0.5, 0.6) is 17.4 Å². The van der Waals surface area contributed by atoms with E-state index in [1.807, 2.05) is 13.0 Å². The van der Waals surface area contributed by atoms with Crippen LogP contribution >= 0.6 is 0 Å². The number of benzene rings is 3. The number of aliphatic hydroxyl groups is 1. The zero-order chi connectivity index (χ0) is 50.2. The molecule has 5 heterocycles. The van der Waals surface area contributed by atoms with Gasteiger partial charge in [0, 0.05) is 68.2 Å². The fourth-order valence-corrected chi connectivity index (χ4v) is 12.7. The van der Waals surface area contributed by atoms with Crippen LogP contribution in [-0.2, 0) is 19.5 Å². The lowest BCUT2D eigenvalue weighted by Gasteiger charge is -2.57. The molecule has 4 N–H and O–H groups in total. The van der Waals surface area contributed by atoms with Crippen molar-refractivity contribution in [1.82, 2.24) is 19.6 Å². The van der Waals surface area contributed by atoms with E-state index < -0.39 is 37.0 Å². The molecule has 0 bridgehead atoms. The number of aromatic nitrogens is 2. The average molecular weight is 1010 g/mol. The van der Waals surface area contributed by atoms with Gasteiger partial charge in [-0.05, 0) is 129 Å². The Hall–Kier alpha value is -5.79. The van der Waals surface area contributed by atoms with Gasteiger partial charge in [-0.25, -0.2) is 13.1 Å². The summed E-state index contributed by atoms with van der Waals surface area (Å²) in [6.45, 7) is 11.9. The molecule has 5 fully saturated rings. The summed E-state index contributed by atoms with van der Waals surface area (Å²) in [5.41, 5.74) is 3.48. The van der Waals surface area contributed by atoms with Crippen LogP contribution in [0, 0.1) is 21.4 Å². The van der Waals surface area contributed by atoms with Gasteiger partial charge in [-0.1, -0.05) is 44.5 Å². The standard InChI is InChI=1S/C54H67N7O10S/c1-35(2)41-7-4-5-8-42(41)43-9-6-10-46(43)60-33-54(34-60)20-23-59(24-21-54)38-11-13-44(48(28-38)71-49-27-37-17-22-55-50(37)57-52(49)70-32-39-31-68-25-26-69-39)51(62)58-72(66,67)40-12-14-45(47(29-40)61(64)65)56-30-36-15-18-53(3,63)19-16-36/h4-5,7-8,11-14,17,22,27-29,35-36,39,43,46,56,63H,6,9-10,15-16,18-21,23-26,30-34H2,1-3H3,(H,55,57)(H,58,62)/t36?,39-,43+,46+,53?/m0/s1. The number of likely N-dealkylation sites (tertiary alicyclic amines) is 1. The first-order valence-corrected chi connectivity index (χ1v) is 27.1. The van der Waals surface area contributed by atoms with E-state index in [0.717, 1.165) is 69.0 Å². The molecule has 3 aromatic carbocycles. The summed E-state index contributed by atoms with van der Waals surface area (Å²) in [5.74, 6) is 0.627. The maximum atomic E-state index is 14.3. The normalized spacial score (nSPS) is 24.5. The number of fused-ring (bicyclic) bond motifs is 1. The Balaban J connectivity index is 0.881. The molecule has 2 aromatic heterocycles. The smallest absolute Gasteiger partial charge is 0.293 e. The lowest BCUT2D eigenvalue weighted by atomic mass is 9.70. The Morgan fingerprint density at radius 3 is 2.53 bits per heavy atom. The van der Waals surface area contributed by atoms with Crippen molar-refractivity contribution in [1.29, 1.82) is 0 Å². The summed E-state index contributed by atoms with van der Waals surface area (Å²) in [7, 11) is -4.64. The van der Waals surface area contributed by atoms with Crippen LogP contribution in [0.25, 0.3) is 11.0 Å². The van der Waals surface area contributed by atoms with E-state index in [2.05, 4.69) is 62.9 Å². The second kappa shape index (κ2) is 20.6. The molecular formula is C54H67N7O10S. The minimum atomic E-state index is -4.64. The maximum Gasteiger partial charge on any atom is 0.293 e. The number of nitrogens with zero attached hydrogens (tertiary/aromatic N) is 4. The van der Waals surface area contributed by atoms with Crippen LogP contribution in [0.1, 0.15) is 112 Å². The first-order chi connectivity index (χ1) is 34.6. The summed E-state index contributed by atoms with van der Waals surface area (Å²) in [6, 6.07) is 21.8. The van der Waals surface area contributed by atoms with Crippen molar-refractivity contribution in [2.45, 2.75) is 113 Å². The molecule has 3 aliphatic heterocycles. The van der Waals surface area contributed by atoms with Crippen LogP contribution in [0.15, 0.2) is 83.9 Å². The van der Waals surface area contributed by atoms with Crippen molar-refractivity contribution >= 4 is 44.0 Å². The molecule has 2 aliphatic carbocycles. The lowest BCUT2D eigenvalue weighted by Crippen LogP contribution is -2.63. The van der Waals surface area contributed by atoms with E-state index in [1.54, 1.807) is 30.5 Å². The average Bonchev–Trinajstić information content (AvgIpc) is 4.05. The largest absolute Gasteiger partial charge is 0.472 e. The van der Waals surface area contributed by atoms with Crippen molar-refractivity contribution < 1.29 is 42.2 Å². The molecule has 3 atom stereocenters. The Kier molecular flexibility index (Phi) is 14.2. The molecule has 1 amide bonds. The number of pyridine rings is 1. The maximum absolute atomic E-state index is 14.3. The van der Waals surface area contributed by atoms with Crippen LogP contribution < -0.4 is 24.4 Å². The predicted molar refractivity (Wildman–Crippen MR) is 274 cm³/mol. The Morgan fingerprint density at radius 1 is 0.986 bits per heavy atom. The SMILES string of the molecule is CC(C)c1ccccc1[C@H]1CCC[C@H]1N1CC2(CCN(c3ccc(C(=O)NS(=O)(=O)c4ccc(NCC5CCC(C)(O)CC5)c([N+](=O)[O-])c4)c(Oc4cc5cc[nH]c5nc4OC[C@@H]4COCCO4)c3)CC2)C1. The Bertz CT molecular complexity index is 2880. The number of nitrogens with one attached hydrogen (secondary N) is 3. The van der Waals surface area contributed by atoms with E-state index in [9.17, 15) is 28.4 Å². The third-order valence-corrected chi connectivity index (χ3v) is 17.2. The lowest BCUT2D eigenvalue weighted by molar-refractivity contribution is -0.384. The number of aromatic amines is 1. The predicted octanol–water partition coefficient (Wildman–Crippen LogP) is 8.89. The molecule has 5 aliphatic rings. The summed E-state index contributed by atoms with van der Waals surface area (Å²) in [5, 5.41) is 26.5. The number of amides is 1. The van der Waals surface area contributed by atoms with E-state index in [-0.39, 0.29) is 52.7 Å². The topological polar surface area (TPSA) is 211 Å². The summed E-state index contributed by atoms with van der Waals surface area (Å²) < 4.78 is 54.4. The third-order valence-electron chi connectivity index (χ3n) is 15.9. The van der Waals surface area contributed by atoms with Gasteiger partial charge < -0.3 is 39.3 Å². The van der Waals surface area contributed by atoms with E-state index >= 15 is 0 Å². The van der Waals surface area contributed by atoms with Crippen LogP contribution in [0.4, 0.5) is 17.1 Å². The second-order valence-corrected chi connectivity index (χ2v) is 23.0. The number of nitro groups is 1. The number of sulfonamides is 1. The monoisotopic (exact) mass is 1010 g/mol. The van der Waals surface area contributed by atoms with Crippen molar-refractivity contribution in [3.8, 4) is 17.4 Å². The highest BCUT2D eigenvalue weighted by molar-refractivity contribution is 7.90. The highest BCUT2D eigenvalue weighted by Crippen LogP contribution is 2.49. The Labute approximate surface area is 421 Å². The van der Waals surface area contributed by atoms with Gasteiger partial charge in [-0.15, -0.1) is 0 Å². The van der Waals surface area contributed by atoms with Gasteiger partial charge in [0.05, 0.1) is 40.8 Å². The van der Waals surface area contributed by atoms with E-state index in [1.165, 1.54) is 42.5 Å². The molecule has 72 heavy (non-hydrogen) atoms. The third kappa shape index (κ3) is 10.8. The zero-order valence-electron chi connectivity index (χ0n) is 41.4. The summed E-state index contributed by atoms with van der Waals surface area (Å²) >= 11 is 0. The molecule has 2 saturated carbocycles. The van der Waals surface area contributed by atoms with Gasteiger partial charge in [-0.3, -0.25) is 19.8 Å². The van der Waals surface area contributed by atoms with E-state index in [4.69, 9.17) is 23.9 Å². The number of piperidine rings is 1. The minimum Gasteiger partial charge on any atom is -0.472 e. The number of ether oxygens (including phenoxy) is 4. The van der Waals surface area contributed by atoms with Crippen molar-refractivity contribution in [3.05, 3.63) is 106 Å². The van der Waals surface area contributed by atoms with Crippen LogP contribution in [-0.4, -0.2) is 116 Å². The summed E-state index contributed by atoms with van der Waals surface area (Å²) in [6.07, 6.45) is 9.86. The molecule has 0 radical (unpaired) electrons. The minimum absolute atomic E-state index is 0.0674. The van der Waals surface area contributed by atoms with Crippen molar-refractivity contribution in [3.63, 3.8) is 0 Å². The fraction of sp³-hybridized carbons (Fsp3) is 0.519. The zero-order valence-corrected chi connectivity index (χ0v) is 42.3. The highest BCUT2D eigenvalue weighted by atomic mass is 32.2. The number of hydrogen-bond acceptors (Lipinski definition) is 14. The van der Waals surface area contributed by atoms with Gasteiger partial charge >= 0.3 is 0 Å². The highest BCUT2D eigenvalue weighted by Gasteiger charge is 2.49. The number of H-pyrrole nitrogens is 1. The Morgan fingerprint density at radius 2 is 1.78 bits per heavy atom. The second-order valence-electron chi connectivity index (χ2n) is 21.3. The molecule has 5 aromatic rings. The van der Waals surface area contributed by atoms with Gasteiger partial charge in [0.25, 0.3) is 27.5 Å². The van der Waals surface area contributed by atoms with Crippen molar-refractivity contribution in [2.24, 2.45) is 11.3 Å². The van der Waals surface area contributed by atoms with Gasteiger partial charge in [0.15, 0.2) is 5.75 Å². The van der Waals surface area contributed by atoms with Crippen LogP contribution in [0.2, 0.25) is 0 Å². The summed E-state index contributed by atoms with van der Waals surface area (Å²) in [4.78, 5) is 38.4. The van der Waals surface area contributed by atoms with Gasteiger partial charge in [0.2, 0.25) is 0 Å². The van der Waals surface area contributed by atoms with Gasteiger partial charge in [0.1, 0.15) is 29.8 Å². The van der Waals surface area contributed by atoms with Crippen molar-refractivity contribution in [2.75, 3.05) is 69.4 Å². The number of anilines is 2.